The smallest absolute Gasteiger partial charge is 0.277 e. The zero-order chi connectivity index (χ0) is 12.1. The number of hydrogen-bond donors (Lipinski definition) is 3. The number of nitrogens with two attached hydrogens (primary N) is 1. The van der Waals surface area contributed by atoms with E-state index in [0.717, 1.165) is 6.42 Å². The van der Waals surface area contributed by atoms with Gasteiger partial charge in [-0.05, 0) is 26.2 Å². The Morgan fingerprint density at radius 1 is 1.12 bits per heavy atom. The van der Waals surface area contributed by atoms with Gasteiger partial charge in [-0.1, -0.05) is 13.8 Å². The molecule has 0 aromatic heterocycles. The Labute approximate surface area is 105 Å². The van der Waals surface area contributed by atoms with Gasteiger partial charge < -0.3 is 5.73 Å². The summed E-state index contributed by atoms with van der Waals surface area (Å²) >= 11 is 0. The van der Waals surface area contributed by atoms with E-state index in [2.05, 4.69) is 9.44 Å². The van der Waals surface area contributed by atoms with Crippen LogP contribution in [0, 0.1) is 5.92 Å². The van der Waals surface area contributed by atoms with Crippen molar-refractivity contribution in [3.8, 4) is 0 Å². The van der Waals surface area contributed by atoms with Crippen LogP contribution in [0.15, 0.2) is 0 Å². The van der Waals surface area contributed by atoms with E-state index in [4.69, 9.17) is 5.73 Å². The van der Waals surface area contributed by atoms with Crippen molar-refractivity contribution >= 4 is 22.6 Å². The lowest BCUT2D eigenvalue weighted by molar-refractivity contribution is 0.459. The van der Waals surface area contributed by atoms with Crippen LogP contribution in [-0.2, 0) is 10.2 Å². The van der Waals surface area contributed by atoms with Crippen LogP contribution in [0.4, 0.5) is 0 Å². The highest BCUT2D eigenvalue weighted by Gasteiger charge is 2.17. The van der Waals surface area contributed by atoms with Crippen molar-refractivity contribution in [3.05, 3.63) is 0 Å². The second-order valence-electron chi connectivity index (χ2n) is 4.46. The predicted octanol–water partition coefficient (Wildman–Crippen LogP) is 0.614. The maximum absolute atomic E-state index is 11.5. The van der Waals surface area contributed by atoms with E-state index in [1.54, 1.807) is 13.8 Å². The molecule has 0 aromatic carbocycles. The van der Waals surface area contributed by atoms with Gasteiger partial charge in [-0.3, -0.25) is 0 Å². The van der Waals surface area contributed by atoms with Crippen molar-refractivity contribution < 1.29 is 8.42 Å². The molecule has 5 nitrogen and oxygen atoms in total. The van der Waals surface area contributed by atoms with Gasteiger partial charge in [-0.25, -0.2) is 0 Å². The topological polar surface area (TPSA) is 84.2 Å². The van der Waals surface area contributed by atoms with E-state index >= 15 is 0 Å². The summed E-state index contributed by atoms with van der Waals surface area (Å²) in [6.07, 6.45) is 0.746. The van der Waals surface area contributed by atoms with Crippen molar-refractivity contribution in [3.63, 3.8) is 0 Å². The van der Waals surface area contributed by atoms with E-state index < -0.39 is 10.2 Å². The normalized spacial score (nSPS) is 13.9. The summed E-state index contributed by atoms with van der Waals surface area (Å²) in [7, 11) is -3.42. The lowest BCUT2D eigenvalue weighted by atomic mass is 10.1. The molecule has 1 unspecified atom stereocenters. The van der Waals surface area contributed by atoms with Gasteiger partial charge in [0, 0.05) is 18.6 Å². The van der Waals surface area contributed by atoms with Crippen molar-refractivity contribution in [1.29, 1.82) is 0 Å². The average Bonchev–Trinajstić information content (AvgIpc) is 1.98. The Hall–Kier alpha value is 0.120. The standard InChI is InChI=1S/C9H23N3O2S.ClH/c1-7(2)5-9(6-10)12-15(13,14)11-8(3)4;/h7-9,11-12H,5-6,10H2,1-4H3;1H. The molecule has 0 radical (unpaired) electrons. The fourth-order valence-corrected chi connectivity index (χ4v) is 2.65. The molecule has 100 valence electrons. The fourth-order valence-electron chi connectivity index (χ4n) is 1.33. The summed E-state index contributed by atoms with van der Waals surface area (Å²) in [6, 6.07) is -0.304. The summed E-state index contributed by atoms with van der Waals surface area (Å²) < 4.78 is 28.0. The molecule has 0 spiro atoms. The third kappa shape index (κ3) is 9.35. The van der Waals surface area contributed by atoms with Crippen LogP contribution in [0.2, 0.25) is 0 Å². The Bertz CT molecular complexity index is 268. The Morgan fingerprint density at radius 2 is 1.62 bits per heavy atom. The molecule has 0 aliphatic rings. The van der Waals surface area contributed by atoms with Gasteiger partial charge in [0.05, 0.1) is 0 Å². The molecule has 1 atom stereocenters. The van der Waals surface area contributed by atoms with Crippen molar-refractivity contribution in [2.75, 3.05) is 6.54 Å². The molecular formula is C9H24ClN3O2S. The second-order valence-corrected chi connectivity index (χ2v) is 5.93. The minimum Gasteiger partial charge on any atom is -0.329 e. The van der Waals surface area contributed by atoms with Crippen LogP contribution in [0.5, 0.6) is 0 Å². The Balaban J connectivity index is 0. The Kier molecular flexibility index (Phi) is 9.53. The van der Waals surface area contributed by atoms with Gasteiger partial charge in [0.1, 0.15) is 0 Å². The molecule has 0 fully saturated rings. The average molecular weight is 274 g/mol. The van der Waals surface area contributed by atoms with Crippen molar-refractivity contribution in [1.82, 2.24) is 9.44 Å². The molecule has 0 bridgehead atoms. The summed E-state index contributed by atoms with van der Waals surface area (Å²) in [5, 5.41) is 0. The first-order valence-corrected chi connectivity index (χ1v) is 6.74. The number of hydrogen-bond acceptors (Lipinski definition) is 3. The van der Waals surface area contributed by atoms with Gasteiger partial charge in [-0.2, -0.15) is 17.9 Å². The van der Waals surface area contributed by atoms with Crippen molar-refractivity contribution in [2.24, 2.45) is 11.7 Å². The largest absolute Gasteiger partial charge is 0.329 e. The molecule has 0 aliphatic carbocycles. The quantitative estimate of drug-likeness (QED) is 0.636. The molecule has 0 heterocycles. The molecule has 4 N–H and O–H groups in total. The monoisotopic (exact) mass is 273 g/mol. The molecule has 0 amide bonds. The SMILES string of the molecule is CC(C)CC(CN)NS(=O)(=O)NC(C)C.Cl. The molecule has 0 saturated heterocycles. The molecular weight excluding hydrogens is 250 g/mol. The zero-order valence-corrected chi connectivity index (χ0v) is 12.0. The highest BCUT2D eigenvalue weighted by Crippen LogP contribution is 2.04. The summed E-state index contributed by atoms with van der Waals surface area (Å²) in [6.45, 7) is 7.94. The zero-order valence-electron chi connectivity index (χ0n) is 10.4. The summed E-state index contributed by atoms with van der Waals surface area (Å²) in [5.74, 6) is 0.417. The Morgan fingerprint density at radius 3 is 1.94 bits per heavy atom. The number of rotatable bonds is 7. The highest BCUT2D eigenvalue weighted by molar-refractivity contribution is 7.87. The summed E-state index contributed by atoms with van der Waals surface area (Å²) in [5.41, 5.74) is 5.50. The van der Waals surface area contributed by atoms with Crippen LogP contribution in [0.25, 0.3) is 0 Å². The van der Waals surface area contributed by atoms with Crippen LogP contribution in [-0.4, -0.2) is 27.0 Å². The second kappa shape index (κ2) is 8.25. The molecule has 0 aliphatic heterocycles. The van der Waals surface area contributed by atoms with E-state index in [9.17, 15) is 8.42 Å². The minimum atomic E-state index is -3.42. The van der Waals surface area contributed by atoms with E-state index in [1.165, 1.54) is 0 Å². The number of halogens is 1. The van der Waals surface area contributed by atoms with Crippen LogP contribution in [0.1, 0.15) is 34.1 Å². The highest BCUT2D eigenvalue weighted by atomic mass is 35.5. The molecule has 7 heteroatoms. The van der Waals surface area contributed by atoms with Crippen LogP contribution < -0.4 is 15.2 Å². The number of nitrogens with one attached hydrogen (secondary N) is 2. The summed E-state index contributed by atoms with van der Waals surface area (Å²) in [4.78, 5) is 0. The minimum absolute atomic E-state index is 0. The molecule has 16 heavy (non-hydrogen) atoms. The van der Waals surface area contributed by atoms with Gasteiger partial charge in [0.25, 0.3) is 10.2 Å². The first-order chi connectivity index (χ1) is 6.76. The first-order valence-electron chi connectivity index (χ1n) is 5.26. The van der Waals surface area contributed by atoms with E-state index in [0.29, 0.717) is 12.5 Å². The first kappa shape index (κ1) is 18.5. The molecule has 0 saturated carbocycles. The lowest BCUT2D eigenvalue weighted by Crippen LogP contribution is -2.48. The van der Waals surface area contributed by atoms with Gasteiger partial charge in [-0.15, -0.1) is 12.4 Å². The van der Waals surface area contributed by atoms with Crippen LogP contribution in [0.3, 0.4) is 0 Å². The third-order valence-corrected chi connectivity index (χ3v) is 3.18. The maximum atomic E-state index is 11.5. The lowest BCUT2D eigenvalue weighted by Gasteiger charge is -2.19. The van der Waals surface area contributed by atoms with Crippen LogP contribution >= 0.6 is 12.4 Å². The maximum Gasteiger partial charge on any atom is 0.277 e. The van der Waals surface area contributed by atoms with E-state index in [-0.39, 0.29) is 24.5 Å². The predicted molar refractivity (Wildman–Crippen MR) is 69.9 cm³/mol. The van der Waals surface area contributed by atoms with Crippen molar-refractivity contribution in [2.45, 2.75) is 46.2 Å². The third-order valence-electron chi connectivity index (χ3n) is 1.75. The van der Waals surface area contributed by atoms with Gasteiger partial charge in [0.15, 0.2) is 0 Å². The van der Waals surface area contributed by atoms with E-state index in [1.807, 2.05) is 13.8 Å². The van der Waals surface area contributed by atoms with Gasteiger partial charge in [0.2, 0.25) is 0 Å². The molecule has 0 aromatic rings. The van der Waals surface area contributed by atoms with Gasteiger partial charge >= 0.3 is 0 Å². The fraction of sp³-hybridized carbons (Fsp3) is 1.00. The molecule has 0 rings (SSSR count).